The molecule has 0 aliphatic carbocycles. The summed E-state index contributed by atoms with van der Waals surface area (Å²) in [6.07, 6.45) is 5.38. The predicted molar refractivity (Wildman–Crippen MR) is 129 cm³/mol. The maximum Gasteiger partial charge on any atom is 0.324 e. The third-order valence-corrected chi connectivity index (χ3v) is 8.18. The van der Waals surface area contributed by atoms with E-state index in [-0.39, 0.29) is 28.0 Å². The first kappa shape index (κ1) is 23.7. The van der Waals surface area contributed by atoms with Crippen molar-refractivity contribution in [3.63, 3.8) is 0 Å². The van der Waals surface area contributed by atoms with Gasteiger partial charge in [0.2, 0.25) is 0 Å². The van der Waals surface area contributed by atoms with Gasteiger partial charge in [-0.2, -0.15) is 4.98 Å². The molecule has 8 nitrogen and oxygen atoms in total. The maximum atomic E-state index is 15.1. The number of benzene rings is 1. The quantitative estimate of drug-likeness (QED) is 0.511. The van der Waals surface area contributed by atoms with Gasteiger partial charge in [0.1, 0.15) is 17.7 Å². The molecule has 1 fully saturated rings. The summed E-state index contributed by atoms with van der Waals surface area (Å²) in [7, 11) is -3.51. The second-order valence-corrected chi connectivity index (χ2v) is 11.8. The van der Waals surface area contributed by atoms with Gasteiger partial charge in [-0.1, -0.05) is 19.0 Å². The molecule has 5 rings (SSSR count). The van der Waals surface area contributed by atoms with Gasteiger partial charge in [-0.25, -0.2) is 12.8 Å². The predicted octanol–water partition coefficient (Wildman–Crippen LogP) is 4.33. The van der Waals surface area contributed by atoms with Crippen LogP contribution in [0.2, 0.25) is 0 Å². The molecule has 0 amide bonds. The molecule has 35 heavy (non-hydrogen) atoms. The van der Waals surface area contributed by atoms with Gasteiger partial charge in [0.15, 0.2) is 15.7 Å². The number of piperidine rings is 1. The molecule has 1 saturated heterocycles. The van der Waals surface area contributed by atoms with Crippen molar-refractivity contribution in [2.24, 2.45) is 5.92 Å². The number of hydrogen-bond acceptors (Lipinski definition) is 8. The number of aromatic nitrogens is 3. The Morgan fingerprint density at radius 2 is 1.94 bits per heavy atom. The Balaban J connectivity index is 1.28. The van der Waals surface area contributed by atoms with Gasteiger partial charge in [0.05, 0.1) is 16.8 Å². The molecule has 1 unspecified atom stereocenters. The van der Waals surface area contributed by atoms with Crippen molar-refractivity contribution in [1.29, 1.82) is 0 Å². The number of nitrogens with zero attached hydrogens (tertiary/aromatic N) is 4. The number of pyridine rings is 1. The average molecular weight is 501 g/mol. The molecule has 2 aliphatic rings. The molecule has 1 atom stereocenters. The molecular formula is C25H29FN4O4S. The third-order valence-electron chi connectivity index (χ3n) is 6.94. The van der Waals surface area contributed by atoms with Gasteiger partial charge in [0, 0.05) is 48.4 Å². The van der Waals surface area contributed by atoms with Gasteiger partial charge in [-0.05, 0) is 43.9 Å². The van der Waals surface area contributed by atoms with Crippen LogP contribution in [0.4, 0.5) is 10.4 Å². The van der Waals surface area contributed by atoms with Crippen LogP contribution < -0.4 is 9.64 Å². The molecule has 0 N–H and O–H groups in total. The summed E-state index contributed by atoms with van der Waals surface area (Å²) in [5, 5.41) is 4.06. The summed E-state index contributed by atoms with van der Waals surface area (Å²) in [5.74, 6) is 1.48. The van der Waals surface area contributed by atoms with Crippen LogP contribution >= 0.6 is 0 Å². The molecule has 10 heteroatoms. The highest BCUT2D eigenvalue weighted by Gasteiger charge is 2.34. The molecule has 0 bridgehead atoms. The zero-order valence-electron chi connectivity index (χ0n) is 20.3. The molecular weight excluding hydrogens is 471 g/mol. The Morgan fingerprint density at radius 1 is 1.20 bits per heavy atom. The SMILES string of the molecule is Cc1c(S(C)(=O)=O)ccc(-c2cc3c(cn2)OC(C2CCN(c4nc(C(C)C)no4)CC2)C3)c1F. The molecule has 1 aromatic carbocycles. The number of fused-ring (bicyclic) bond motifs is 1. The highest BCUT2D eigenvalue weighted by molar-refractivity contribution is 7.90. The largest absolute Gasteiger partial charge is 0.488 e. The Morgan fingerprint density at radius 3 is 2.60 bits per heavy atom. The molecule has 4 heterocycles. The van der Waals surface area contributed by atoms with Crippen molar-refractivity contribution in [3.8, 4) is 17.0 Å². The summed E-state index contributed by atoms with van der Waals surface area (Å²) < 4.78 is 50.5. The van der Waals surface area contributed by atoms with E-state index in [1.807, 2.05) is 19.9 Å². The van der Waals surface area contributed by atoms with Crippen LogP contribution in [0.3, 0.4) is 0 Å². The van der Waals surface area contributed by atoms with E-state index < -0.39 is 15.7 Å². The third kappa shape index (κ3) is 4.51. The topological polar surface area (TPSA) is 98.4 Å². The van der Waals surface area contributed by atoms with E-state index in [1.165, 1.54) is 19.1 Å². The van der Waals surface area contributed by atoms with Gasteiger partial charge in [0.25, 0.3) is 0 Å². The van der Waals surface area contributed by atoms with Crippen molar-refractivity contribution in [2.75, 3.05) is 24.2 Å². The molecule has 0 radical (unpaired) electrons. The van der Waals surface area contributed by atoms with Gasteiger partial charge in [-0.15, -0.1) is 0 Å². The molecule has 3 aromatic rings. The molecule has 186 valence electrons. The summed E-state index contributed by atoms with van der Waals surface area (Å²) in [4.78, 5) is 11.0. The smallest absolute Gasteiger partial charge is 0.324 e. The number of sulfone groups is 1. The number of hydrogen-bond donors (Lipinski definition) is 0. The van der Waals surface area contributed by atoms with E-state index in [9.17, 15) is 8.42 Å². The van der Waals surface area contributed by atoms with E-state index in [2.05, 4.69) is 20.0 Å². The summed E-state index contributed by atoms with van der Waals surface area (Å²) >= 11 is 0. The molecule has 2 aromatic heterocycles. The van der Waals surface area contributed by atoms with E-state index in [0.717, 1.165) is 55.7 Å². The standard InChI is InChI=1S/C25H29FN4O4S/c1-14(2)24-28-25(34-29-24)30-9-7-16(8-10-30)20-12-17-11-19(27-13-21(17)33-20)18-5-6-22(35(4,31)32)15(3)23(18)26/h5-6,11,13-14,16,20H,7-10,12H2,1-4H3. The fourth-order valence-corrected chi connectivity index (χ4v) is 5.86. The summed E-state index contributed by atoms with van der Waals surface area (Å²) in [5.41, 5.74) is 1.86. The van der Waals surface area contributed by atoms with Gasteiger partial charge in [-0.3, -0.25) is 4.98 Å². The minimum atomic E-state index is -3.51. The zero-order chi connectivity index (χ0) is 24.9. The summed E-state index contributed by atoms with van der Waals surface area (Å²) in [6, 6.07) is 5.36. The van der Waals surface area contributed by atoms with E-state index >= 15 is 4.39 Å². The number of anilines is 1. The number of ether oxygens (including phenoxy) is 1. The first-order chi connectivity index (χ1) is 16.6. The average Bonchev–Trinajstić information content (AvgIpc) is 3.47. The Labute approximate surface area is 204 Å². The first-order valence-electron chi connectivity index (χ1n) is 11.9. The summed E-state index contributed by atoms with van der Waals surface area (Å²) in [6.45, 7) is 7.20. The minimum absolute atomic E-state index is 0.00407. The molecule has 0 spiro atoms. The van der Waals surface area contributed by atoms with Gasteiger partial charge < -0.3 is 14.2 Å². The van der Waals surface area contributed by atoms with Crippen molar-refractivity contribution >= 4 is 15.9 Å². The Hall–Kier alpha value is -3.01. The van der Waals surface area contributed by atoms with Crippen LogP contribution in [-0.4, -0.2) is 49.0 Å². The lowest BCUT2D eigenvalue weighted by atomic mass is 9.89. The van der Waals surface area contributed by atoms with E-state index in [4.69, 9.17) is 9.26 Å². The number of rotatable bonds is 5. The van der Waals surface area contributed by atoms with Crippen LogP contribution in [0.25, 0.3) is 11.3 Å². The highest BCUT2D eigenvalue weighted by Crippen LogP contribution is 2.38. The first-order valence-corrected chi connectivity index (χ1v) is 13.7. The van der Waals surface area contributed by atoms with Crippen molar-refractivity contribution in [3.05, 3.63) is 47.2 Å². The van der Waals surface area contributed by atoms with Crippen LogP contribution in [0.5, 0.6) is 5.75 Å². The van der Waals surface area contributed by atoms with E-state index in [0.29, 0.717) is 17.6 Å². The van der Waals surface area contributed by atoms with Crippen molar-refractivity contribution in [2.45, 2.75) is 57.0 Å². The van der Waals surface area contributed by atoms with Gasteiger partial charge >= 0.3 is 6.01 Å². The fraction of sp³-hybridized carbons (Fsp3) is 0.480. The lowest BCUT2D eigenvalue weighted by Crippen LogP contribution is -2.39. The Bertz CT molecular complexity index is 1360. The van der Waals surface area contributed by atoms with Crippen molar-refractivity contribution < 1.29 is 22.1 Å². The Kier molecular flexibility index (Phi) is 6.03. The maximum absolute atomic E-state index is 15.1. The number of halogens is 1. The molecule has 2 aliphatic heterocycles. The van der Waals surface area contributed by atoms with Crippen LogP contribution in [0.15, 0.2) is 33.8 Å². The lowest BCUT2D eigenvalue weighted by Gasteiger charge is -2.33. The monoisotopic (exact) mass is 500 g/mol. The second-order valence-electron chi connectivity index (χ2n) is 9.77. The van der Waals surface area contributed by atoms with Crippen LogP contribution in [0.1, 0.15) is 49.6 Å². The van der Waals surface area contributed by atoms with E-state index in [1.54, 1.807) is 6.20 Å². The molecule has 0 saturated carbocycles. The van der Waals surface area contributed by atoms with Crippen molar-refractivity contribution in [1.82, 2.24) is 15.1 Å². The highest BCUT2D eigenvalue weighted by atomic mass is 32.2. The van der Waals surface area contributed by atoms with Crippen LogP contribution in [0, 0.1) is 18.7 Å². The fourth-order valence-electron chi connectivity index (χ4n) is 4.90. The van der Waals surface area contributed by atoms with Crippen LogP contribution in [-0.2, 0) is 16.3 Å². The minimum Gasteiger partial charge on any atom is -0.488 e. The second kappa shape index (κ2) is 8.89. The normalized spacial score (nSPS) is 18.7. The lowest BCUT2D eigenvalue weighted by molar-refractivity contribution is 0.137. The zero-order valence-corrected chi connectivity index (χ0v) is 21.1.